The van der Waals surface area contributed by atoms with Gasteiger partial charge in [0.15, 0.2) is 0 Å². The average molecular weight is 402 g/mol. The number of hydrogen-bond acceptors (Lipinski definition) is 4. The SMILES string of the molecule is N#C/C(C(N)=O)=C1/S[C@@H](Cc2ccc(Cl)cc2)C(=O)N1c1ccc(F)cc1. The minimum atomic E-state index is -0.924. The summed E-state index contributed by atoms with van der Waals surface area (Å²) in [7, 11) is 0. The summed E-state index contributed by atoms with van der Waals surface area (Å²) in [6.45, 7) is 0. The van der Waals surface area contributed by atoms with Crippen molar-refractivity contribution in [3.63, 3.8) is 0 Å². The number of thioether (sulfide) groups is 1. The Kier molecular flexibility index (Phi) is 5.49. The Morgan fingerprint density at radius 3 is 2.41 bits per heavy atom. The molecule has 3 rings (SSSR count). The Morgan fingerprint density at radius 2 is 1.85 bits per heavy atom. The van der Waals surface area contributed by atoms with Crippen molar-refractivity contribution in [3.05, 3.63) is 75.5 Å². The molecule has 2 aromatic carbocycles. The van der Waals surface area contributed by atoms with Gasteiger partial charge in [-0.05, 0) is 48.4 Å². The molecule has 27 heavy (non-hydrogen) atoms. The summed E-state index contributed by atoms with van der Waals surface area (Å²) in [5, 5.41) is 9.50. The maximum atomic E-state index is 13.3. The van der Waals surface area contributed by atoms with Crippen LogP contribution in [0, 0.1) is 17.1 Å². The molecule has 0 spiro atoms. The summed E-state index contributed by atoms with van der Waals surface area (Å²) >= 11 is 6.98. The third-order valence-corrected chi connectivity index (χ3v) is 5.46. The van der Waals surface area contributed by atoms with E-state index in [1.165, 1.54) is 29.2 Å². The fourth-order valence-corrected chi connectivity index (χ4v) is 4.10. The lowest BCUT2D eigenvalue weighted by Gasteiger charge is -2.18. The van der Waals surface area contributed by atoms with E-state index in [4.69, 9.17) is 17.3 Å². The largest absolute Gasteiger partial charge is 0.365 e. The van der Waals surface area contributed by atoms with Crippen LogP contribution in [0.5, 0.6) is 0 Å². The number of carbonyl (C=O) groups is 2. The number of primary amides is 1. The number of carbonyl (C=O) groups excluding carboxylic acids is 2. The molecule has 0 aliphatic carbocycles. The molecule has 0 saturated carbocycles. The van der Waals surface area contributed by atoms with Gasteiger partial charge < -0.3 is 5.73 Å². The molecule has 136 valence electrons. The van der Waals surface area contributed by atoms with Gasteiger partial charge in [-0.3, -0.25) is 14.5 Å². The molecular weight excluding hydrogens is 389 g/mol. The van der Waals surface area contributed by atoms with E-state index >= 15 is 0 Å². The van der Waals surface area contributed by atoms with Gasteiger partial charge in [0, 0.05) is 10.7 Å². The lowest BCUT2D eigenvalue weighted by atomic mass is 10.1. The molecule has 0 bridgehead atoms. The number of rotatable bonds is 4. The summed E-state index contributed by atoms with van der Waals surface area (Å²) in [6, 6.07) is 14.0. The fourth-order valence-electron chi connectivity index (χ4n) is 2.66. The van der Waals surface area contributed by atoms with Crippen molar-refractivity contribution in [1.29, 1.82) is 5.26 Å². The van der Waals surface area contributed by atoms with Crippen molar-refractivity contribution in [2.75, 3.05) is 4.90 Å². The van der Waals surface area contributed by atoms with Gasteiger partial charge in [-0.25, -0.2) is 4.39 Å². The van der Waals surface area contributed by atoms with E-state index in [0.29, 0.717) is 17.1 Å². The van der Waals surface area contributed by atoms with Gasteiger partial charge in [-0.2, -0.15) is 5.26 Å². The van der Waals surface area contributed by atoms with E-state index < -0.39 is 17.0 Å². The van der Waals surface area contributed by atoms with Crippen LogP contribution in [0.25, 0.3) is 0 Å². The van der Waals surface area contributed by atoms with Gasteiger partial charge in [0.25, 0.3) is 5.91 Å². The zero-order valence-corrected chi connectivity index (χ0v) is 15.4. The summed E-state index contributed by atoms with van der Waals surface area (Å²) in [4.78, 5) is 25.9. The van der Waals surface area contributed by atoms with Crippen LogP contribution in [0.15, 0.2) is 59.1 Å². The van der Waals surface area contributed by atoms with Gasteiger partial charge in [0.2, 0.25) is 5.91 Å². The highest BCUT2D eigenvalue weighted by molar-refractivity contribution is 8.05. The van der Waals surface area contributed by atoms with Crippen LogP contribution < -0.4 is 10.6 Å². The first kappa shape index (κ1) is 19.0. The van der Waals surface area contributed by atoms with E-state index in [1.54, 1.807) is 30.3 Å². The maximum Gasteiger partial charge on any atom is 0.262 e. The molecule has 1 saturated heterocycles. The van der Waals surface area contributed by atoms with Gasteiger partial charge in [-0.15, -0.1) is 0 Å². The first-order valence-electron chi connectivity index (χ1n) is 7.85. The van der Waals surface area contributed by atoms with Crippen molar-refractivity contribution >= 4 is 40.9 Å². The maximum absolute atomic E-state index is 13.3. The first-order valence-corrected chi connectivity index (χ1v) is 9.11. The molecule has 2 N–H and O–H groups in total. The van der Waals surface area contributed by atoms with E-state index in [1.807, 2.05) is 0 Å². The highest BCUT2D eigenvalue weighted by Crippen LogP contribution is 2.41. The zero-order chi connectivity index (χ0) is 19.6. The van der Waals surface area contributed by atoms with Gasteiger partial charge in [-0.1, -0.05) is 35.5 Å². The zero-order valence-electron chi connectivity index (χ0n) is 13.9. The second kappa shape index (κ2) is 7.82. The number of hydrogen-bond donors (Lipinski definition) is 1. The normalized spacial score (nSPS) is 18.3. The smallest absolute Gasteiger partial charge is 0.262 e. The first-order chi connectivity index (χ1) is 12.9. The minimum absolute atomic E-state index is 0.153. The van der Waals surface area contributed by atoms with Crippen LogP contribution in [0.2, 0.25) is 5.02 Å². The molecule has 1 heterocycles. The number of nitriles is 1. The second-order valence-corrected chi connectivity index (χ2v) is 7.37. The highest BCUT2D eigenvalue weighted by atomic mass is 35.5. The Hall–Kier alpha value is -2.82. The number of anilines is 1. The molecule has 2 aromatic rings. The summed E-state index contributed by atoms with van der Waals surface area (Å²) < 4.78 is 13.3. The average Bonchev–Trinajstić information content (AvgIpc) is 2.94. The van der Waals surface area contributed by atoms with Crippen molar-refractivity contribution in [1.82, 2.24) is 0 Å². The molecular formula is C19H13ClFN3O2S. The van der Waals surface area contributed by atoms with Gasteiger partial charge in [0.1, 0.15) is 22.5 Å². The lowest BCUT2D eigenvalue weighted by molar-refractivity contribution is -0.117. The molecule has 1 atom stereocenters. The van der Waals surface area contributed by atoms with Crippen LogP contribution in [-0.2, 0) is 16.0 Å². The van der Waals surface area contributed by atoms with Gasteiger partial charge >= 0.3 is 0 Å². The van der Waals surface area contributed by atoms with Crippen molar-refractivity contribution in [2.24, 2.45) is 5.73 Å². The lowest BCUT2D eigenvalue weighted by Crippen LogP contribution is -2.31. The summed E-state index contributed by atoms with van der Waals surface area (Å²) in [5.74, 6) is -1.70. The van der Waals surface area contributed by atoms with Crippen molar-refractivity contribution < 1.29 is 14.0 Å². The van der Waals surface area contributed by atoms with E-state index in [0.717, 1.165) is 17.3 Å². The van der Waals surface area contributed by atoms with E-state index in [-0.39, 0.29) is 16.5 Å². The van der Waals surface area contributed by atoms with Crippen LogP contribution in [-0.4, -0.2) is 17.1 Å². The molecule has 0 unspecified atom stereocenters. The molecule has 5 nitrogen and oxygen atoms in total. The number of halogens is 2. The molecule has 0 aromatic heterocycles. The van der Waals surface area contributed by atoms with Crippen molar-refractivity contribution in [2.45, 2.75) is 11.7 Å². The molecule has 1 aliphatic heterocycles. The highest BCUT2D eigenvalue weighted by Gasteiger charge is 2.40. The van der Waals surface area contributed by atoms with Crippen LogP contribution in [0.4, 0.5) is 10.1 Å². The predicted octanol–water partition coefficient (Wildman–Crippen LogP) is 3.39. The minimum Gasteiger partial charge on any atom is -0.365 e. The fraction of sp³-hybridized carbons (Fsp3) is 0.105. The van der Waals surface area contributed by atoms with Gasteiger partial charge in [0.05, 0.1) is 5.25 Å². The molecule has 1 aliphatic rings. The Bertz CT molecular complexity index is 968. The molecule has 2 amide bonds. The Morgan fingerprint density at radius 1 is 1.22 bits per heavy atom. The molecule has 1 fully saturated rings. The number of nitrogens with two attached hydrogens (primary N) is 1. The summed E-state index contributed by atoms with van der Waals surface area (Å²) in [6.07, 6.45) is 0.374. The Labute approximate surface area is 164 Å². The Balaban J connectivity index is 2.01. The predicted molar refractivity (Wildman–Crippen MR) is 102 cm³/mol. The molecule has 0 radical (unpaired) electrons. The number of nitrogens with zero attached hydrogens (tertiary/aromatic N) is 2. The third kappa shape index (κ3) is 3.97. The number of amides is 2. The summed E-state index contributed by atoms with van der Waals surface area (Å²) in [5.41, 5.74) is 6.23. The standard InChI is InChI=1S/C19H13ClFN3O2S/c20-12-3-1-11(2-4-12)9-16-18(26)24(14-7-5-13(21)6-8-14)19(27-16)15(10-22)17(23)25/h1-8,16H,9H2,(H2,23,25)/b19-15-/t16-/m0/s1. The van der Waals surface area contributed by atoms with Crippen molar-refractivity contribution in [3.8, 4) is 6.07 Å². The monoisotopic (exact) mass is 401 g/mol. The quantitative estimate of drug-likeness (QED) is 0.628. The van der Waals surface area contributed by atoms with E-state index in [2.05, 4.69) is 0 Å². The second-order valence-electron chi connectivity index (χ2n) is 5.74. The number of benzene rings is 2. The van der Waals surface area contributed by atoms with E-state index in [9.17, 15) is 19.2 Å². The van der Waals surface area contributed by atoms with Crippen LogP contribution in [0.3, 0.4) is 0 Å². The molecule has 8 heteroatoms. The topological polar surface area (TPSA) is 87.2 Å². The van der Waals surface area contributed by atoms with Crippen LogP contribution in [0.1, 0.15) is 5.56 Å². The van der Waals surface area contributed by atoms with Crippen LogP contribution >= 0.6 is 23.4 Å². The third-order valence-electron chi connectivity index (χ3n) is 3.94.